The maximum Gasteiger partial charge on any atom is 0.513 e. The molecule has 116 valence electrons. The highest BCUT2D eigenvalue weighted by atomic mass is 32.4. The van der Waals surface area contributed by atoms with Gasteiger partial charge >= 0.3 is 31.1 Å². The van der Waals surface area contributed by atoms with Gasteiger partial charge in [0.25, 0.3) is 10.3 Å². The van der Waals surface area contributed by atoms with Crippen molar-refractivity contribution in [3.63, 3.8) is 0 Å². The Bertz CT molecular complexity index is 609. The minimum absolute atomic E-state index is 3.05. The monoisotopic (exact) mass is 362 g/mol. The van der Waals surface area contributed by atoms with E-state index in [9.17, 15) is 51.3 Å². The van der Waals surface area contributed by atoms with Crippen molar-refractivity contribution in [2.24, 2.45) is 0 Å². The molecule has 0 aliphatic carbocycles. The molecule has 0 bridgehead atoms. The molecule has 1 atom stereocenters. The second kappa shape index (κ2) is 4.42. The minimum Gasteiger partial charge on any atom is -0.211 e. The quantitative estimate of drug-likeness (QED) is 0.590. The van der Waals surface area contributed by atoms with Crippen LogP contribution in [-0.2, 0) is 30.3 Å². The summed E-state index contributed by atoms with van der Waals surface area (Å²) in [6.07, 6.45) is 0. The van der Waals surface area contributed by atoms with Gasteiger partial charge in [-0.05, 0) is 0 Å². The van der Waals surface area contributed by atoms with Crippen LogP contribution in [0.25, 0.3) is 0 Å². The molecule has 0 aromatic rings. The van der Waals surface area contributed by atoms with E-state index in [1.165, 1.54) is 0 Å². The number of nitrogens with one attached hydrogen (secondary N) is 1. The van der Waals surface area contributed by atoms with Gasteiger partial charge in [0.2, 0.25) is 0 Å². The average Bonchev–Trinajstić information content (AvgIpc) is 1.93. The number of rotatable bonds is 3. The van der Waals surface area contributed by atoms with E-state index < -0.39 is 44.5 Å². The molecule has 0 heterocycles. The lowest BCUT2D eigenvalue weighted by atomic mass is 11.6. The summed E-state index contributed by atoms with van der Waals surface area (Å²) in [7, 11) is -22.0. The molecule has 19 heavy (non-hydrogen) atoms. The molecule has 1 unspecified atom stereocenters. The standard InChI is InChI=1S/C2HF7N2O5S3/c3-1(4,5)17(12,13)11(19(9,10)16)18(14,15)2(6,7)8/h10H. The van der Waals surface area contributed by atoms with Crippen LogP contribution in [0.4, 0.5) is 30.2 Å². The molecule has 0 saturated carbocycles. The van der Waals surface area contributed by atoms with Crippen LogP contribution in [0.15, 0.2) is 0 Å². The third-order valence-corrected chi connectivity index (χ3v) is 7.01. The highest BCUT2D eigenvalue weighted by Gasteiger charge is 2.65. The van der Waals surface area contributed by atoms with Crippen molar-refractivity contribution >= 4 is 30.3 Å². The third kappa shape index (κ3) is 3.26. The van der Waals surface area contributed by atoms with Crippen LogP contribution in [0, 0.1) is 4.78 Å². The second-order valence-corrected chi connectivity index (χ2v) is 8.06. The molecule has 0 aliphatic rings. The molecular formula is C2HF7N2O5S3. The van der Waals surface area contributed by atoms with Crippen LogP contribution in [0.2, 0.25) is 0 Å². The van der Waals surface area contributed by atoms with Gasteiger partial charge in [0.15, 0.2) is 0 Å². The molecule has 0 fully saturated rings. The maximum atomic E-state index is 12.5. The Morgan fingerprint density at radius 1 is 0.737 bits per heavy atom. The Labute approximate surface area is 101 Å². The molecule has 0 radical (unpaired) electrons. The van der Waals surface area contributed by atoms with Gasteiger partial charge in [0.1, 0.15) is 0 Å². The molecule has 1 N–H and O–H groups in total. The number of hydrogen-bond donors (Lipinski definition) is 1. The van der Waals surface area contributed by atoms with E-state index in [2.05, 4.69) is 0 Å². The van der Waals surface area contributed by atoms with Gasteiger partial charge in [-0.2, -0.15) is 30.6 Å². The van der Waals surface area contributed by atoms with E-state index in [4.69, 9.17) is 4.78 Å². The zero-order valence-electron chi connectivity index (χ0n) is 7.86. The van der Waals surface area contributed by atoms with Crippen LogP contribution in [0.3, 0.4) is 0 Å². The first kappa shape index (κ1) is 18.3. The molecule has 0 saturated heterocycles. The molecule has 0 rings (SSSR count). The minimum atomic E-state index is -7.55. The first-order valence-electron chi connectivity index (χ1n) is 3.28. The fraction of sp³-hybridized carbons (Fsp3) is 1.00. The number of halogens is 7. The highest BCUT2D eigenvalue weighted by molar-refractivity contribution is 8.16. The van der Waals surface area contributed by atoms with E-state index in [1.807, 2.05) is 0 Å². The normalized spacial score (nSPS) is 18.3. The first-order chi connectivity index (χ1) is 7.87. The number of alkyl halides is 6. The van der Waals surface area contributed by atoms with Crippen molar-refractivity contribution < 1.29 is 51.3 Å². The summed E-state index contributed by atoms with van der Waals surface area (Å²) in [5, 5.41) is 0. The van der Waals surface area contributed by atoms with Gasteiger partial charge in [0.05, 0.1) is 0 Å². The van der Waals surface area contributed by atoms with E-state index in [0.717, 1.165) is 0 Å². The van der Waals surface area contributed by atoms with Crippen LogP contribution >= 0.6 is 0 Å². The lowest BCUT2D eigenvalue weighted by Gasteiger charge is -2.21. The average molecular weight is 362 g/mol. The topological polar surface area (TPSA) is 112 Å². The van der Waals surface area contributed by atoms with E-state index in [0.29, 0.717) is 0 Å². The summed E-state index contributed by atoms with van der Waals surface area (Å²) < 4.78 is 139. The molecule has 0 spiro atoms. The van der Waals surface area contributed by atoms with Crippen LogP contribution in [-0.4, -0.2) is 35.2 Å². The summed E-state index contributed by atoms with van der Waals surface area (Å²) in [5.41, 5.74) is -13.4. The lowest BCUT2D eigenvalue weighted by Crippen LogP contribution is -2.50. The summed E-state index contributed by atoms with van der Waals surface area (Å²) >= 11 is 0. The van der Waals surface area contributed by atoms with Crippen molar-refractivity contribution in [1.82, 2.24) is 3.12 Å². The van der Waals surface area contributed by atoms with E-state index >= 15 is 0 Å². The largest absolute Gasteiger partial charge is 0.513 e. The first-order valence-corrected chi connectivity index (χ1v) is 7.58. The van der Waals surface area contributed by atoms with E-state index in [-0.39, 0.29) is 0 Å². The van der Waals surface area contributed by atoms with Gasteiger partial charge in [0, 0.05) is 3.12 Å². The van der Waals surface area contributed by atoms with Crippen molar-refractivity contribution in [3.05, 3.63) is 0 Å². The number of hydrogen-bond acceptors (Lipinski definition) is 6. The zero-order chi connectivity index (χ0) is 16.1. The Morgan fingerprint density at radius 2 is 0.947 bits per heavy atom. The maximum absolute atomic E-state index is 12.5. The Balaban J connectivity index is 6.59. The van der Waals surface area contributed by atoms with Crippen LogP contribution in [0.1, 0.15) is 0 Å². The predicted molar refractivity (Wildman–Crippen MR) is 43.8 cm³/mol. The van der Waals surface area contributed by atoms with E-state index in [1.54, 1.807) is 0 Å². The van der Waals surface area contributed by atoms with Gasteiger partial charge in [-0.15, -0.1) is 3.89 Å². The second-order valence-electron chi connectivity index (χ2n) is 2.52. The Kier molecular flexibility index (Phi) is 4.26. The van der Waals surface area contributed by atoms with Crippen molar-refractivity contribution in [2.45, 2.75) is 11.0 Å². The summed E-state index contributed by atoms with van der Waals surface area (Å²) in [4.78, 5) is 0. The number of sulfonamides is 2. The molecule has 0 aromatic carbocycles. The molecule has 17 heteroatoms. The zero-order valence-corrected chi connectivity index (χ0v) is 10.3. The summed E-state index contributed by atoms with van der Waals surface area (Å²) in [6.45, 7) is 0. The smallest absolute Gasteiger partial charge is 0.211 e. The highest BCUT2D eigenvalue weighted by Crippen LogP contribution is 2.37. The van der Waals surface area contributed by atoms with Crippen molar-refractivity contribution in [2.75, 3.05) is 0 Å². The Morgan fingerprint density at radius 3 is 1.05 bits per heavy atom. The predicted octanol–water partition coefficient (Wildman–Crippen LogP) is 0.834. The molecular weight excluding hydrogens is 361 g/mol. The molecule has 0 aliphatic heterocycles. The molecule has 0 amide bonds. The Hall–Kier alpha value is -0.680. The molecule has 7 nitrogen and oxygen atoms in total. The SMILES string of the molecule is N=S(=O)(F)N(S(=O)(=O)C(F)(F)F)S(=O)(=O)C(F)(F)F. The fourth-order valence-electron chi connectivity index (χ4n) is 0.551. The van der Waals surface area contributed by atoms with Gasteiger partial charge in [-0.25, -0.2) is 21.6 Å². The molecule has 0 aromatic heterocycles. The summed E-state index contributed by atoms with van der Waals surface area (Å²) in [6, 6.07) is 0. The third-order valence-electron chi connectivity index (χ3n) is 1.17. The lowest BCUT2D eigenvalue weighted by molar-refractivity contribution is -0.0507. The van der Waals surface area contributed by atoms with Crippen LogP contribution < -0.4 is 0 Å². The van der Waals surface area contributed by atoms with Gasteiger partial charge < -0.3 is 0 Å². The van der Waals surface area contributed by atoms with Gasteiger partial charge in [-0.1, -0.05) is 0 Å². The number of nitrogens with zero attached hydrogens (tertiary/aromatic N) is 1. The van der Waals surface area contributed by atoms with Crippen molar-refractivity contribution in [3.8, 4) is 0 Å². The van der Waals surface area contributed by atoms with Gasteiger partial charge in [-0.3, -0.25) is 0 Å². The van der Waals surface area contributed by atoms with Crippen LogP contribution in [0.5, 0.6) is 0 Å². The fourth-order valence-corrected chi connectivity index (χ4v) is 4.96. The van der Waals surface area contributed by atoms with Crippen molar-refractivity contribution in [1.29, 1.82) is 4.78 Å². The summed E-state index contributed by atoms with van der Waals surface area (Å²) in [5.74, 6) is 0.